The molecule has 0 aliphatic rings. The van der Waals surface area contributed by atoms with Gasteiger partial charge < -0.3 is 25.2 Å². The molecule has 2 unspecified atom stereocenters. The van der Waals surface area contributed by atoms with Gasteiger partial charge in [0.15, 0.2) is 0 Å². The number of hydrogen-bond donors (Lipinski definition) is 2. The molecule has 158 valence electrons. The van der Waals surface area contributed by atoms with Crippen LogP contribution in [0.2, 0.25) is 0 Å². The Hall–Kier alpha value is -2.57. The molecule has 0 aromatic heterocycles. The van der Waals surface area contributed by atoms with Gasteiger partial charge in [0.1, 0.15) is 11.4 Å². The molecule has 6 nitrogen and oxygen atoms in total. The van der Waals surface area contributed by atoms with Gasteiger partial charge in [-0.1, -0.05) is 42.5 Å². The van der Waals surface area contributed by atoms with Gasteiger partial charge in [-0.25, -0.2) is 4.79 Å². The number of carbonyl (C=O) groups is 1. The Labute approximate surface area is 173 Å². The molecule has 0 bridgehead atoms. The van der Waals surface area contributed by atoms with Crippen molar-refractivity contribution < 1.29 is 19.4 Å². The maximum Gasteiger partial charge on any atom is 0.410 e. The summed E-state index contributed by atoms with van der Waals surface area (Å²) in [4.78, 5) is 14.2. The van der Waals surface area contributed by atoms with Crippen molar-refractivity contribution in [3.05, 3.63) is 65.7 Å². The number of carbonyl (C=O) groups excluding carboxylic acids is 1. The molecule has 0 aliphatic heterocycles. The molecule has 6 heteroatoms. The standard InChI is InChI=1S/C23H32N2O4/c1-23(2,3)29-22(27)25(15-18-11-8-12-19(13-18)28-4)16-21(26)20(24)14-17-9-6-5-7-10-17/h5-13,20-21,26H,14-16,24H2,1-4H3. The van der Waals surface area contributed by atoms with Gasteiger partial charge in [-0.3, -0.25) is 0 Å². The summed E-state index contributed by atoms with van der Waals surface area (Å²) in [5, 5.41) is 10.7. The van der Waals surface area contributed by atoms with Crippen molar-refractivity contribution in [2.24, 2.45) is 5.73 Å². The molecule has 2 atom stereocenters. The average molecular weight is 401 g/mol. The second-order valence-electron chi connectivity index (χ2n) is 8.13. The zero-order valence-corrected chi connectivity index (χ0v) is 17.7. The van der Waals surface area contributed by atoms with Crippen LogP contribution < -0.4 is 10.5 Å². The second-order valence-corrected chi connectivity index (χ2v) is 8.13. The smallest absolute Gasteiger partial charge is 0.410 e. The number of ether oxygens (including phenoxy) is 2. The first-order valence-electron chi connectivity index (χ1n) is 9.76. The summed E-state index contributed by atoms with van der Waals surface area (Å²) >= 11 is 0. The fourth-order valence-corrected chi connectivity index (χ4v) is 2.90. The minimum atomic E-state index is -0.895. The van der Waals surface area contributed by atoms with Crippen molar-refractivity contribution in [2.45, 2.75) is 51.5 Å². The fourth-order valence-electron chi connectivity index (χ4n) is 2.90. The van der Waals surface area contributed by atoms with E-state index < -0.39 is 23.8 Å². The van der Waals surface area contributed by atoms with Crippen molar-refractivity contribution in [1.29, 1.82) is 0 Å². The molecule has 0 fully saturated rings. The first kappa shape index (κ1) is 22.7. The van der Waals surface area contributed by atoms with E-state index in [1.165, 1.54) is 4.90 Å². The highest BCUT2D eigenvalue weighted by Gasteiger charge is 2.26. The first-order valence-corrected chi connectivity index (χ1v) is 9.76. The predicted octanol–water partition coefficient (Wildman–Crippen LogP) is 3.36. The summed E-state index contributed by atoms with van der Waals surface area (Å²) in [6.07, 6.45) is -0.872. The number of aliphatic hydroxyl groups is 1. The van der Waals surface area contributed by atoms with Gasteiger partial charge in [-0.15, -0.1) is 0 Å². The molecule has 0 radical (unpaired) electrons. The van der Waals surface area contributed by atoms with Gasteiger partial charge in [0.25, 0.3) is 0 Å². The van der Waals surface area contributed by atoms with E-state index in [1.54, 1.807) is 7.11 Å². The highest BCUT2D eigenvalue weighted by atomic mass is 16.6. The summed E-state index contributed by atoms with van der Waals surface area (Å²) in [7, 11) is 1.59. The largest absolute Gasteiger partial charge is 0.497 e. The lowest BCUT2D eigenvalue weighted by molar-refractivity contribution is 0.00994. The third-order valence-corrected chi connectivity index (χ3v) is 4.38. The van der Waals surface area contributed by atoms with Crippen molar-refractivity contribution in [3.8, 4) is 5.75 Å². The van der Waals surface area contributed by atoms with Crippen LogP contribution in [0.4, 0.5) is 4.79 Å². The molecule has 29 heavy (non-hydrogen) atoms. The lowest BCUT2D eigenvalue weighted by atomic mass is 10.0. The summed E-state index contributed by atoms with van der Waals surface area (Å²) < 4.78 is 10.8. The molecule has 0 saturated heterocycles. The van der Waals surface area contributed by atoms with Crippen LogP contribution in [0.5, 0.6) is 5.75 Å². The number of rotatable bonds is 8. The van der Waals surface area contributed by atoms with Gasteiger partial charge >= 0.3 is 6.09 Å². The van der Waals surface area contributed by atoms with Crippen LogP contribution in [0.1, 0.15) is 31.9 Å². The second kappa shape index (κ2) is 10.3. The van der Waals surface area contributed by atoms with Gasteiger partial charge in [0.2, 0.25) is 0 Å². The number of nitrogens with two attached hydrogens (primary N) is 1. The SMILES string of the molecule is COc1cccc(CN(CC(O)C(N)Cc2ccccc2)C(=O)OC(C)(C)C)c1. The number of nitrogens with zero attached hydrogens (tertiary/aromatic N) is 1. The molecule has 3 N–H and O–H groups in total. The molecule has 0 heterocycles. The molecule has 0 aliphatic carbocycles. The third-order valence-electron chi connectivity index (χ3n) is 4.38. The molecule has 2 rings (SSSR count). The molecule has 2 aromatic rings. The normalized spacial score (nSPS) is 13.4. The zero-order valence-electron chi connectivity index (χ0n) is 17.7. The molecule has 1 amide bonds. The van der Waals surface area contributed by atoms with Crippen LogP contribution in [0.3, 0.4) is 0 Å². The molecule has 0 saturated carbocycles. The lowest BCUT2D eigenvalue weighted by Crippen LogP contribution is -2.47. The van der Waals surface area contributed by atoms with E-state index in [9.17, 15) is 9.90 Å². The fraction of sp³-hybridized carbons (Fsp3) is 0.435. The Kier molecular flexibility index (Phi) is 8.05. The minimum Gasteiger partial charge on any atom is -0.497 e. The maximum atomic E-state index is 12.8. The van der Waals surface area contributed by atoms with E-state index in [2.05, 4.69) is 0 Å². The quantitative estimate of drug-likeness (QED) is 0.710. The van der Waals surface area contributed by atoms with Crippen LogP contribution in [0.15, 0.2) is 54.6 Å². The minimum absolute atomic E-state index is 0.0696. The average Bonchev–Trinajstić information content (AvgIpc) is 2.67. The van der Waals surface area contributed by atoms with Crippen LogP contribution >= 0.6 is 0 Å². The van der Waals surface area contributed by atoms with E-state index in [1.807, 2.05) is 75.4 Å². The summed E-state index contributed by atoms with van der Waals surface area (Å²) in [6.45, 7) is 5.78. The van der Waals surface area contributed by atoms with E-state index in [4.69, 9.17) is 15.2 Å². The Morgan fingerprint density at radius 3 is 2.38 bits per heavy atom. The Morgan fingerprint density at radius 2 is 1.76 bits per heavy atom. The van der Waals surface area contributed by atoms with E-state index in [0.717, 1.165) is 11.1 Å². The van der Waals surface area contributed by atoms with Crippen molar-refractivity contribution in [3.63, 3.8) is 0 Å². The number of aliphatic hydroxyl groups excluding tert-OH is 1. The number of amides is 1. The first-order chi connectivity index (χ1) is 13.7. The molecule has 2 aromatic carbocycles. The van der Waals surface area contributed by atoms with Crippen LogP contribution in [0.25, 0.3) is 0 Å². The number of hydrogen-bond acceptors (Lipinski definition) is 5. The van der Waals surface area contributed by atoms with E-state index in [-0.39, 0.29) is 13.1 Å². The summed E-state index contributed by atoms with van der Waals surface area (Å²) in [5.74, 6) is 0.702. The lowest BCUT2D eigenvalue weighted by Gasteiger charge is -2.30. The topological polar surface area (TPSA) is 85.0 Å². The maximum absolute atomic E-state index is 12.8. The predicted molar refractivity (Wildman–Crippen MR) is 114 cm³/mol. The van der Waals surface area contributed by atoms with Gasteiger partial charge in [0.05, 0.1) is 19.8 Å². The van der Waals surface area contributed by atoms with Crippen LogP contribution in [0, 0.1) is 0 Å². The van der Waals surface area contributed by atoms with Crippen molar-refractivity contribution >= 4 is 6.09 Å². The Bertz CT molecular complexity index is 774. The number of methoxy groups -OCH3 is 1. The molecular weight excluding hydrogens is 368 g/mol. The molecule has 0 spiro atoms. The third kappa shape index (κ3) is 7.75. The molecular formula is C23H32N2O4. The number of benzene rings is 2. The Morgan fingerprint density at radius 1 is 1.10 bits per heavy atom. The van der Waals surface area contributed by atoms with Gasteiger partial charge in [0, 0.05) is 12.6 Å². The van der Waals surface area contributed by atoms with Crippen molar-refractivity contribution in [1.82, 2.24) is 4.90 Å². The highest BCUT2D eigenvalue weighted by molar-refractivity contribution is 5.68. The zero-order chi connectivity index (χ0) is 21.4. The highest BCUT2D eigenvalue weighted by Crippen LogP contribution is 2.18. The van der Waals surface area contributed by atoms with E-state index in [0.29, 0.717) is 12.2 Å². The van der Waals surface area contributed by atoms with Gasteiger partial charge in [-0.05, 0) is 50.5 Å². The van der Waals surface area contributed by atoms with Crippen LogP contribution in [-0.4, -0.2) is 47.5 Å². The van der Waals surface area contributed by atoms with Crippen LogP contribution in [-0.2, 0) is 17.7 Å². The summed E-state index contributed by atoms with van der Waals surface area (Å²) in [5.41, 5.74) is 7.49. The van der Waals surface area contributed by atoms with E-state index >= 15 is 0 Å². The van der Waals surface area contributed by atoms with Gasteiger partial charge in [-0.2, -0.15) is 0 Å². The summed E-state index contributed by atoms with van der Waals surface area (Å²) in [6, 6.07) is 16.7. The monoisotopic (exact) mass is 400 g/mol. The van der Waals surface area contributed by atoms with Crippen molar-refractivity contribution in [2.75, 3.05) is 13.7 Å². The Balaban J connectivity index is 2.11.